The van der Waals surface area contributed by atoms with Gasteiger partial charge in [0.25, 0.3) is 0 Å². The summed E-state index contributed by atoms with van der Waals surface area (Å²) in [6.07, 6.45) is -4.63. The van der Waals surface area contributed by atoms with Crippen LogP contribution in [0.15, 0.2) is 18.2 Å². The van der Waals surface area contributed by atoms with Crippen LogP contribution in [0.5, 0.6) is 0 Å². The molecule has 0 unspecified atom stereocenters. The van der Waals surface area contributed by atoms with Crippen molar-refractivity contribution in [3.63, 3.8) is 0 Å². The van der Waals surface area contributed by atoms with Crippen molar-refractivity contribution in [3.8, 4) is 0 Å². The van der Waals surface area contributed by atoms with Crippen LogP contribution in [0.1, 0.15) is 19.4 Å². The number of rotatable bonds is 5. The maximum atomic E-state index is 12.8. The molecule has 25 heavy (non-hydrogen) atoms. The lowest BCUT2D eigenvalue weighted by molar-refractivity contribution is -0.137. The number of anilines is 1. The van der Waals surface area contributed by atoms with E-state index in [9.17, 15) is 22.8 Å². The normalized spacial score (nSPS) is 12.4. The van der Waals surface area contributed by atoms with E-state index in [1.54, 1.807) is 13.8 Å². The third kappa shape index (κ3) is 6.72. The van der Waals surface area contributed by atoms with Crippen molar-refractivity contribution in [1.29, 1.82) is 0 Å². The van der Waals surface area contributed by atoms with Gasteiger partial charge < -0.3 is 16.0 Å². The summed E-state index contributed by atoms with van der Waals surface area (Å²) in [4.78, 5) is 25.0. The van der Waals surface area contributed by atoms with Gasteiger partial charge in [-0.1, -0.05) is 25.4 Å². The third-order valence-corrected chi connectivity index (χ3v) is 3.65. The first-order valence-corrected chi connectivity index (χ1v) is 7.48. The predicted molar refractivity (Wildman–Crippen MR) is 92.8 cm³/mol. The number of hydrogen-bond acceptors (Lipinski definition) is 3. The van der Waals surface area contributed by atoms with Gasteiger partial charge >= 0.3 is 6.18 Å². The summed E-state index contributed by atoms with van der Waals surface area (Å²) in [6.45, 7) is 3.20. The summed E-state index contributed by atoms with van der Waals surface area (Å²) in [5.41, 5.74) is 4.60. The van der Waals surface area contributed by atoms with Gasteiger partial charge in [0.1, 0.15) is 0 Å². The number of nitrogens with one attached hydrogen (secondary N) is 1. The smallest absolute Gasteiger partial charge is 0.335 e. The summed E-state index contributed by atoms with van der Waals surface area (Å²) in [7, 11) is 1.40. The highest BCUT2D eigenvalue weighted by Crippen LogP contribution is 2.36. The lowest BCUT2D eigenvalue weighted by Crippen LogP contribution is -2.47. The summed E-state index contributed by atoms with van der Waals surface area (Å²) < 4.78 is 38.3. The van der Waals surface area contributed by atoms with Crippen molar-refractivity contribution < 1.29 is 22.8 Å². The number of halogens is 5. The highest BCUT2D eigenvalue weighted by molar-refractivity contribution is 6.31. The Balaban J connectivity index is 0.00000576. The third-order valence-electron chi connectivity index (χ3n) is 3.32. The van der Waals surface area contributed by atoms with E-state index in [1.807, 2.05) is 0 Å². The molecule has 0 fully saturated rings. The highest BCUT2D eigenvalue weighted by Gasteiger charge is 2.33. The molecule has 0 saturated heterocycles. The van der Waals surface area contributed by atoms with Crippen molar-refractivity contribution in [2.75, 3.05) is 18.9 Å². The van der Waals surface area contributed by atoms with Crippen LogP contribution in [0.4, 0.5) is 18.9 Å². The minimum absolute atomic E-state index is 0. The van der Waals surface area contributed by atoms with E-state index in [-0.39, 0.29) is 30.6 Å². The number of hydrogen-bond donors (Lipinski definition) is 2. The van der Waals surface area contributed by atoms with Crippen molar-refractivity contribution >= 4 is 41.5 Å². The molecule has 1 aromatic carbocycles. The van der Waals surface area contributed by atoms with Crippen LogP contribution < -0.4 is 11.1 Å². The van der Waals surface area contributed by atoms with E-state index >= 15 is 0 Å². The number of alkyl halides is 3. The summed E-state index contributed by atoms with van der Waals surface area (Å²) in [5.74, 6) is -1.17. The summed E-state index contributed by atoms with van der Waals surface area (Å²) >= 11 is 5.51. The molecule has 0 aliphatic carbocycles. The molecular formula is C15H20Cl2F3N3O2. The molecule has 10 heteroatoms. The predicted octanol–water partition coefficient (Wildman–Crippen LogP) is 3.16. The Labute approximate surface area is 155 Å². The van der Waals surface area contributed by atoms with Gasteiger partial charge in [-0.2, -0.15) is 13.2 Å². The fourth-order valence-corrected chi connectivity index (χ4v) is 2.08. The number of benzene rings is 1. The second kappa shape index (κ2) is 9.26. The fraction of sp³-hybridized carbons (Fsp3) is 0.467. The number of likely N-dealkylation sites (N-methyl/N-ethyl adjacent to an activating group) is 1. The highest BCUT2D eigenvalue weighted by atomic mass is 35.5. The number of nitrogens with zero attached hydrogens (tertiary/aromatic N) is 1. The number of carbonyl (C=O) groups is 2. The van der Waals surface area contributed by atoms with E-state index in [2.05, 4.69) is 5.32 Å². The Morgan fingerprint density at radius 3 is 2.36 bits per heavy atom. The van der Waals surface area contributed by atoms with Crippen LogP contribution in [0.2, 0.25) is 5.02 Å². The average molecular weight is 402 g/mol. The molecule has 0 bridgehead atoms. The van der Waals surface area contributed by atoms with Crippen LogP contribution in [0.3, 0.4) is 0 Å². The number of carbonyl (C=O) groups excluding carboxylic acids is 2. The van der Waals surface area contributed by atoms with E-state index in [0.717, 1.165) is 17.0 Å². The van der Waals surface area contributed by atoms with Gasteiger partial charge in [-0.05, 0) is 24.1 Å². The van der Waals surface area contributed by atoms with Gasteiger partial charge in [0.2, 0.25) is 11.8 Å². The topological polar surface area (TPSA) is 75.4 Å². The Morgan fingerprint density at radius 2 is 1.88 bits per heavy atom. The van der Waals surface area contributed by atoms with E-state index in [0.29, 0.717) is 0 Å². The summed E-state index contributed by atoms with van der Waals surface area (Å²) in [6, 6.07) is 2.28. The van der Waals surface area contributed by atoms with Crippen molar-refractivity contribution in [2.45, 2.75) is 26.1 Å². The largest absolute Gasteiger partial charge is 0.417 e. The minimum Gasteiger partial charge on any atom is -0.335 e. The van der Waals surface area contributed by atoms with Crippen LogP contribution in [0, 0.1) is 5.92 Å². The Morgan fingerprint density at radius 1 is 1.32 bits per heavy atom. The second-order valence-corrected chi connectivity index (χ2v) is 6.11. The van der Waals surface area contributed by atoms with Crippen LogP contribution in [-0.2, 0) is 15.8 Å². The quantitative estimate of drug-likeness (QED) is 0.795. The van der Waals surface area contributed by atoms with Crippen molar-refractivity contribution in [2.24, 2.45) is 11.7 Å². The maximum absolute atomic E-state index is 12.8. The lowest BCUT2D eigenvalue weighted by Gasteiger charge is -2.23. The first kappa shape index (κ1) is 23.5. The zero-order valence-corrected chi connectivity index (χ0v) is 15.4. The standard InChI is InChI=1S/C15H19ClF3N3O2.ClH/c1-8(2)13(20)14(24)22(3)7-12(23)21-9-4-5-11(16)10(6-9)15(17,18)19;/h4-6,8,13H,7,20H2,1-3H3,(H,21,23);1H/t13-;/m0./s1. The first-order chi connectivity index (χ1) is 10.9. The maximum Gasteiger partial charge on any atom is 0.417 e. The molecule has 0 spiro atoms. The van der Waals surface area contributed by atoms with E-state index in [1.165, 1.54) is 13.1 Å². The van der Waals surface area contributed by atoms with Gasteiger partial charge in [0.05, 0.1) is 23.2 Å². The molecule has 0 aliphatic heterocycles. The van der Waals surface area contributed by atoms with Crippen LogP contribution in [0.25, 0.3) is 0 Å². The van der Waals surface area contributed by atoms with Gasteiger partial charge in [0, 0.05) is 12.7 Å². The molecule has 2 amide bonds. The van der Waals surface area contributed by atoms with Crippen LogP contribution >= 0.6 is 24.0 Å². The molecule has 0 heterocycles. The molecule has 0 saturated carbocycles. The van der Waals surface area contributed by atoms with Crippen LogP contribution in [-0.4, -0.2) is 36.3 Å². The molecule has 0 aromatic heterocycles. The monoisotopic (exact) mass is 401 g/mol. The Bertz CT molecular complexity index is 625. The lowest BCUT2D eigenvalue weighted by atomic mass is 10.0. The SMILES string of the molecule is CC(C)[C@H](N)C(=O)N(C)CC(=O)Nc1ccc(Cl)c(C(F)(F)F)c1.Cl. The molecular weight excluding hydrogens is 382 g/mol. The molecule has 142 valence electrons. The van der Waals surface area contributed by atoms with Crippen molar-refractivity contribution in [1.82, 2.24) is 4.90 Å². The zero-order valence-electron chi connectivity index (χ0n) is 13.9. The molecule has 1 atom stereocenters. The molecule has 0 radical (unpaired) electrons. The summed E-state index contributed by atoms with van der Waals surface area (Å²) in [5, 5.41) is 1.84. The molecule has 0 aliphatic rings. The van der Waals surface area contributed by atoms with Gasteiger partial charge in [0.15, 0.2) is 0 Å². The fourth-order valence-electron chi connectivity index (χ4n) is 1.85. The molecule has 1 rings (SSSR count). The average Bonchev–Trinajstić information content (AvgIpc) is 2.46. The number of amides is 2. The Kier molecular flexibility index (Phi) is 8.70. The van der Waals surface area contributed by atoms with Crippen molar-refractivity contribution in [3.05, 3.63) is 28.8 Å². The minimum atomic E-state index is -4.63. The Hall–Kier alpha value is -1.51. The molecule has 5 nitrogen and oxygen atoms in total. The molecule has 1 aromatic rings. The van der Waals surface area contributed by atoms with Gasteiger partial charge in [-0.3, -0.25) is 9.59 Å². The van der Waals surface area contributed by atoms with E-state index < -0.39 is 34.6 Å². The van der Waals surface area contributed by atoms with E-state index in [4.69, 9.17) is 17.3 Å². The van der Waals surface area contributed by atoms with Gasteiger partial charge in [-0.15, -0.1) is 12.4 Å². The molecule has 3 N–H and O–H groups in total. The van der Waals surface area contributed by atoms with Gasteiger partial charge in [-0.25, -0.2) is 0 Å². The number of nitrogens with two attached hydrogens (primary N) is 1. The second-order valence-electron chi connectivity index (χ2n) is 5.70. The zero-order chi connectivity index (χ0) is 18.7. The first-order valence-electron chi connectivity index (χ1n) is 7.10.